The first-order valence-electron chi connectivity index (χ1n) is 12.4. The van der Waals surface area contributed by atoms with Gasteiger partial charge < -0.3 is 18.9 Å². The van der Waals surface area contributed by atoms with Crippen molar-refractivity contribution in [1.82, 2.24) is 9.80 Å². The Hall–Kier alpha value is -3.65. The molecule has 2 aliphatic heterocycles. The van der Waals surface area contributed by atoms with Crippen LogP contribution in [0.25, 0.3) is 0 Å². The predicted molar refractivity (Wildman–Crippen MR) is 135 cm³/mol. The number of benzene rings is 2. The Morgan fingerprint density at radius 2 is 1.13 bits per heavy atom. The van der Waals surface area contributed by atoms with Gasteiger partial charge in [-0.15, -0.1) is 0 Å². The van der Waals surface area contributed by atoms with Gasteiger partial charge in [0, 0.05) is 74.7 Å². The Bertz CT molecular complexity index is 1060. The van der Waals surface area contributed by atoms with Crippen molar-refractivity contribution in [2.24, 2.45) is 0 Å². The van der Waals surface area contributed by atoms with E-state index in [0.29, 0.717) is 63.5 Å². The standard InChI is InChI=1S/C25H30N4O9/c30-25(37-23-3-1-21(28(31)32)17-19(23)5-7-26-9-13-35-14-10-26)38-24-4-2-22(29(33)34)18-20(24)6-8-27-11-15-36-16-12-27/h1-4,17-18H,5-16H2. The molecule has 0 unspecified atom stereocenters. The van der Waals surface area contributed by atoms with Gasteiger partial charge in [-0.3, -0.25) is 30.0 Å². The Balaban J connectivity index is 1.46. The number of nitrogens with zero attached hydrogens (tertiary/aromatic N) is 4. The second kappa shape index (κ2) is 13.2. The zero-order valence-electron chi connectivity index (χ0n) is 20.9. The Labute approximate surface area is 219 Å². The quantitative estimate of drug-likeness (QED) is 0.193. The monoisotopic (exact) mass is 530 g/mol. The van der Waals surface area contributed by atoms with Crippen LogP contribution < -0.4 is 9.47 Å². The second-order valence-electron chi connectivity index (χ2n) is 8.96. The molecular formula is C25H30N4O9. The van der Waals surface area contributed by atoms with E-state index in [1.54, 1.807) is 0 Å². The van der Waals surface area contributed by atoms with Crippen molar-refractivity contribution in [3.05, 3.63) is 67.8 Å². The summed E-state index contributed by atoms with van der Waals surface area (Å²) in [7, 11) is 0. The first kappa shape index (κ1) is 27.4. The fraction of sp³-hybridized carbons (Fsp3) is 0.480. The van der Waals surface area contributed by atoms with E-state index in [9.17, 15) is 25.0 Å². The third-order valence-electron chi connectivity index (χ3n) is 6.50. The van der Waals surface area contributed by atoms with E-state index >= 15 is 0 Å². The molecule has 2 aromatic rings. The van der Waals surface area contributed by atoms with Gasteiger partial charge in [0.15, 0.2) is 0 Å². The highest BCUT2D eigenvalue weighted by atomic mass is 16.7. The van der Waals surface area contributed by atoms with Crippen LogP contribution in [0.5, 0.6) is 11.5 Å². The summed E-state index contributed by atoms with van der Waals surface area (Å²) in [5.74, 6) is 0.316. The van der Waals surface area contributed by atoms with Crippen LogP contribution >= 0.6 is 0 Å². The average molecular weight is 531 g/mol. The molecule has 204 valence electrons. The number of nitro groups is 2. The van der Waals surface area contributed by atoms with Crippen molar-refractivity contribution < 1.29 is 33.6 Å². The van der Waals surface area contributed by atoms with Gasteiger partial charge in [0.2, 0.25) is 0 Å². The van der Waals surface area contributed by atoms with Gasteiger partial charge in [-0.05, 0) is 25.0 Å². The number of ether oxygens (including phenoxy) is 4. The maximum Gasteiger partial charge on any atom is 0.519 e. The summed E-state index contributed by atoms with van der Waals surface area (Å²) in [6.45, 7) is 6.71. The molecule has 0 radical (unpaired) electrons. The van der Waals surface area contributed by atoms with E-state index in [-0.39, 0.29) is 22.9 Å². The Kier molecular flexibility index (Phi) is 9.54. The van der Waals surface area contributed by atoms with Crippen LogP contribution in [0, 0.1) is 20.2 Å². The van der Waals surface area contributed by atoms with Gasteiger partial charge in [0.05, 0.1) is 36.3 Å². The predicted octanol–water partition coefficient (Wildman–Crippen LogP) is 2.83. The molecule has 0 aromatic heterocycles. The summed E-state index contributed by atoms with van der Waals surface area (Å²) in [5, 5.41) is 22.6. The molecule has 2 saturated heterocycles. The number of non-ortho nitro benzene ring substituents is 2. The smallest absolute Gasteiger partial charge is 0.394 e. The summed E-state index contributed by atoms with van der Waals surface area (Å²) in [6, 6.07) is 8.07. The highest BCUT2D eigenvalue weighted by molar-refractivity contribution is 5.69. The molecule has 0 aliphatic carbocycles. The van der Waals surface area contributed by atoms with Crippen LogP contribution in [0.15, 0.2) is 36.4 Å². The summed E-state index contributed by atoms with van der Waals surface area (Å²) in [6.07, 6.45) is -0.188. The molecule has 13 nitrogen and oxygen atoms in total. The zero-order chi connectivity index (χ0) is 26.9. The van der Waals surface area contributed by atoms with E-state index in [1.165, 1.54) is 36.4 Å². The number of hydrogen-bond donors (Lipinski definition) is 0. The summed E-state index contributed by atoms with van der Waals surface area (Å²) >= 11 is 0. The molecule has 0 saturated carbocycles. The normalized spacial score (nSPS) is 16.6. The SMILES string of the molecule is O=C(Oc1ccc([N+](=O)[O-])cc1CCN1CCOCC1)Oc1ccc([N+](=O)[O-])cc1CCN1CCOCC1. The average Bonchev–Trinajstić information content (AvgIpc) is 2.92. The van der Waals surface area contributed by atoms with Gasteiger partial charge in [-0.1, -0.05) is 0 Å². The molecule has 0 amide bonds. The highest BCUT2D eigenvalue weighted by Crippen LogP contribution is 2.28. The van der Waals surface area contributed by atoms with Crippen LogP contribution in [0.1, 0.15) is 11.1 Å². The molecule has 0 N–H and O–H groups in total. The van der Waals surface area contributed by atoms with E-state index in [4.69, 9.17) is 18.9 Å². The lowest BCUT2D eigenvalue weighted by atomic mass is 10.1. The van der Waals surface area contributed by atoms with E-state index in [0.717, 1.165) is 26.2 Å². The molecule has 38 heavy (non-hydrogen) atoms. The van der Waals surface area contributed by atoms with Gasteiger partial charge in [-0.2, -0.15) is 0 Å². The highest BCUT2D eigenvalue weighted by Gasteiger charge is 2.21. The molecule has 4 rings (SSSR count). The molecular weight excluding hydrogens is 500 g/mol. The van der Waals surface area contributed by atoms with Crippen molar-refractivity contribution in [2.75, 3.05) is 65.7 Å². The number of carbonyl (C=O) groups is 1. The largest absolute Gasteiger partial charge is 0.519 e. The number of hydrogen-bond acceptors (Lipinski definition) is 11. The summed E-state index contributed by atoms with van der Waals surface area (Å²) in [5.41, 5.74) is 0.782. The van der Waals surface area contributed by atoms with E-state index in [2.05, 4.69) is 9.80 Å². The Morgan fingerprint density at radius 3 is 1.50 bits per heavy atom. The van der Waals surface area contributed by atoms with Gasteiger partial charge in [-0.25, -0.2) is 4.79 Å². The number of rotatable bonds is 10. The minimum atomic E-state index is -1.03. The van der Waals surface area contributed by atoms with Gasteiger partial charge >= 0.3 is 6.16 Å². The third kappa shape index (κ3) is 7.68. The molecule has 13 heteroatoms. The van der Waals surface area contributed by atoms with Gasteiger partial charge in [0.25, 0.3) is 11.4 Å². The minimum Gasteiger partial charge on any atom is -0.394 e. The van der Waals surface area contributed by atoms with Crippen molar-refractivity contribution in [2.45, 2.75) is 12.8 Å². The first-order valence-corrected chi connectivity index (χ1v) is 12.4. The molecule has 0 spiro atoms. The summed E-state index contributed by atoms with van der Waals surface area (Å²) < 4.78 is 21.6. The molecule has 2 aromatic carbocycles. The molecule has 0 bridgehead atoms. The molecule has 2 heterocycles. The third-order valence-corrected chi connectivity index (χ3v) is 6.50. The molecule has 0 atom stereocenters. The maximum atomic E-state index is 12.8. The van der Waals surface area contributed by atoms with Crippen LogP contribution in [0.4, 0.5) is 16.2 Å². The maximum absolute atomic E-state index is 12.8. The van der Waals surface area contributed by atoms with Crippen LogP contribution in [-0.4, -0.2) is 91.5 Å². The summed E-state index contributed by atoms with van der Waals surface area (Å²) in [4.78, 5) is 38.7. The fourth-order valence-corrected chi connectivity index (χ4v) is 4.36. The first-order chi connectivity index (χ1) is 18.4. The molecule has 2 aliphatic rings. The van der Waals surface area contributed by atoms with Crippen LogP contribution in [0.3, 0.4) is 0 Å². The minimum absolute atomic E-state index is 0.108. The topological polar surface area (TPSA) is 147 Å². The molecule has 2 fully saturated rings. The van der Waals surface area contributed by atoms with Crippen molar-refractivity contribution in [1.29, 1.82) is 0 Å². The van der Waals surface area contributed by atoms with Crippen molar-refractivity contribution >= 4 is 17.5 Å². The number of morpholine rings is 2. The Morgan fingerprint density at radius 1 is 0.737 bits per heavy atom. The van der Waals surface area contributed by atoms with Crippen LogP contribution in [0.2, 0.25) is 0 Å². The van der Waals surface area contributed by atoms with Crippen molar-refractivity contribution in [3.63, 3.8) is 0 Å². The van der Waals surface area contributed by atoms with Crippen molar-refractivity contribution in [3.8, 4) is 11.5 Å². The number of carbonyl (C=O) groups excluding carboxylic acids is 1. The van der Waals surface area contributed by atoms with E-state index < -0.39 is 16.0 Å². The number of nitro benzene ring substituents is 2. The zero-order valence-corrected chi connectivity index (χ0v) is 20.9. The fourth-order valence-electron chi connectivity index (χ4n) is 4.36. The lowest BCUT2D eigenvalue weighted by molar-refractivity contribution is -0.385. The lowest BCUT2D eigenvalue weighted by Gasteiger charge is -2.26. The van der Waals surface area contributed by atoms with E-state index in [1.807, 2.05) is 0 Å². The van der Waals surface area contributed by atoms with Gasteiger partial charge in [0.1, 0.15) is 11.5 Å². The lowest BCUT2D eigenvalue weighted by Crippen LogP contribution is -2.37. The van der Waals surface area contributed by atoms with Crippen LogP contribution in [-0.2, 0) is 22.3 Å². The second-order valence-corrected chi connectivity index (χ2v) is 8.96.